The topological polar surface area (TPSA) is 9.23 Å². The Morgan fingerprint density at radius 2 is 1.65 bits per heavy atom. The molecule has 1 atom stereocenters. The molecular weight excluding hydrogens is 327 g/mol. The maximum atomic E-state index is 6.05. The molecule has 0 fully saturated rings. The third-order valence-corrected chi connectivity index (χ3v) is 6.04. The van der Waals surface area contributed by atoms with Crippen molar-refractivity contribution in [2.24, 2.45) is 5.92 Å². The first-order valence-corrected chi connectivity index (χ1v) is 7.80. The van der Waals surface area contributed by atoms with Crippen LogP contribution in [0.2, 0.25) is 0 Å². The number of rotatable bonds is 3. The molecule has 1 aliphatic carbocycles. The molecule has 0 heterocycles. The Morgan fingerprint density at radius 3 is 2.15 bits per heavy atom. The van der Waals surface area contributed by atoms with Gasteiger partial charge in [-0.05, 0) is 0 Å². The van der Waals surface area contributed by atoms with Gasteiger partial charge in [0, 0.05) is 0 Å². The molecule has 2 rings (SSSR count). The summed E-state index contributed by atoms with van der Waals surface area (Å²) in [4.78, 5) is 0. The molecule has 0 saturated carbocycles. The van der Waals surface area contributed by atoms with E-state index >= 15 is 0 Å². The molecule has 0 spiro atoms. The summed E-state index contributed by atoms with van der Waals surface area (Å²) in [5, 5.41) is 0. The van der Waals surface area contributed by atoms with Crippen molar-refractivity contribution >= 4 is 24.8 Å². The summed E-state index contributed by atoms with van der Waals surface area (Å²) in [5.74, 6) is 1.60. The molecule has 0 N–H and O–H groups in total. The summed E-state index contributed by atoms with van der Waals surface area (Å²) in [5.41, 5.74) is 5.70. The van der Waals surface area contributed by atoms with Gasteiger partial charge in [0.05, 0.1) is 0 Å². The molecule has 0 amide bonds. The van der Waals surface area contributed by atoms with Gasteiger partial charge in [0.1, 0.15) is 0 Å². The molecule has 1 aliphatic rings. The second-order valence-corrected chi connectivity index (χ2v) is 6.57. The molecule has 0 saturated heterocycles. The van der Waals surface area contributed by atoms with Crippen molar-refractivity contribution in [1.29, 1.82) is 0 Å². The quantitative estimate of drug-likeness (QED) is 0.657. The van der Waals surface area contributed by atoms with E-state index in [0.29, 0.717) is 5.92 Å². The maximum Gasteiger partial charge on any atom is -0.147 e. The fourth-order valence-electron chi connectivity index (χ4n) is 2.32. The minimum Gasteiger partial charge on any atom is -0.147 e. The number of hydrogen-bond donors (Lipinski definition) is 0. The predicted molar refractivity (Wildman–Crippen MR) is 86.5 cm³/mol. The van der Waals surface area contributed by atoms with Gasteiger partial charge < -0.3 is 0 Å². The molecule has 0 aliphatic heterocycles. The van der Waals surface area contributed by atoms with Crippen LogP contribution in [0, 0.1) is 12.8 Å². The van der Waals surface area contributed by atoms with Crippen LogP contribution in [-0.4, -0.2) is 0 Å². The molecule has 1 unspecified atom stereocenters. The van der Waals surface area contributed by atoms with Crippen LogP contribution < -0.4 is 3.32 Å². The fourth-order valence-corrected chi connectivity index (χ4v) is 4.02. The van der Waals surface area contributed by atoms with E-state index in [1.807, 2.05) is 0 Å². The first kappa shape index (κ1) is 19.8. The van der Waals surface area contributed by atoms with Crippen LogP contribution in [0.15, 0.2) is 44.9 Å². The minimum atomic E-state index is -0.512. The van der Waals surface area contributed by atoms with E-state index < -0.39 is 19.5 Å². The Kier molecular flexibility index (Phi) is 8.20. The van der Waals surface area contributed by atoms with Crippen molar-refractivity contribution in [3.63, 3.8) is 0 Å². The van der Waals surface area contributed by atoms with Crippen LogP contribution in [0.5, 0.6) is 5.75 Å². The Labute approximate surface area is 144 Å². The smallest absolute Gasteiger partial charge is 0.147 e. The zero-order valence-electron chi connectivity index (χ0n) is 12.6. The predicted octanol–water partition coefficient (Wildman–Crippen LogP) is 5.48. The average molecular weight is 349 g/mol. The largest absolute Gasteiger partial charge is 0.147 e. The first-order valence-electron chi connectivity index (χ1n) is 6.38. The summed E-state index contributed by atoms with van der Waals surface area (Å²) in [6.45, 7) is 11.1. The van der Waals surface area contributed by atoms with Crippen LogP contribution in [0.25, 0.3) is 0 Å². The van der Waals surface area contributed by atoms with Crippen molar-refractivity contribution < 1.29 is 22.9 Å². The molecule has 0 radical (unpaired) electrons. The summed E-state index contributed by atoms with van der Waals surface area (Å²) in [7, 11) is 0. The zero-order valence-corrected chi connectivity index (χ0v) is 15.8. The normalized spacial score (nSPS) is 17.6. The Morgan fingerprint density at radius 1 is 1.00 bits per heavy atom. The molecule has 1 aromatic rings. The van der Waals surface area contributed by atoms with Gasteiger partial charge in [0.15, 0.2) is 0 Å². The molecule has 1 aromatic carbocycles. The van der Waals surface area contributed by atoms with Gasteiger partial charge in [-0.15, -0.1) is 24.8 Å². The fraction of sp³-hybridized carbons (Fsp3) is 0.375. The molecule has 4 heteroatoms. The third kappa shape index (κ3) is 4.15. The van der Waals surface area contributed by atoms with Crippen LogP contribution >= 0.6 is 24.8 Å². The van der Waals surface area contributed by atoms with Gasteiger partial charge in [-0.2, -0.15) is 0 Å². The van der Waals surface area contributed by atoms with Gasteiger partial charge in [-0.25, -0.2) is 0 Å². The van der Waals surface area contributed by atoms with Crippen LogP contribution in [0.1, 0.15) is 33.3 Å². The number of halogens is 2. The van der Waals surface area contributed by atoms with E-state index in [4.69, 9.17) is 3.32 Å². The van der Waals surface area contributed by atoms with Crippen molar-refractivity contribution in [3.8, 4) is 5.75 Å². The van der Waals surface area contributed by atoms with Gasteiger partial charge in [-0.1, -0.05) is 0 Å². The van der Waals surface area contributed by atoms with Crippen molar-refractivity contribution in [3.05, 3.63) is 50.4 Å². The molecule has 20 heavy (non-hydrogen) atoms. The van der Waals surface area contributed by atoms with Gasteiger partial charge >= 0.3 is 120 Å². The third-order valence-electron chi connectivity index (χ3n) is 3.91. The molecule has 0 aromatic heterocycles. The second kappa shape index (κ2) is 8.29. The average Bonchev–Trinajstić information content (AvgIpc) is 2.52. The van der Waals surface area contributed by atoms with Crippen molar-refractivity contribution in [1.82, 2.24) is 0 Å². The van der Waals surface area contributed by atoms with Crippen LogP contribution in [-0.2, 0) is 19.5 Å². The summed E-state index contributed by atoms with van der Waals surface area (Å²) in [6.07, 6.45) is 0. The van der Waals surface area contributed by atoms with Gasteiger partial charge in [-0.3, -0.25) is 0 Å². The summed E-state index contributed by atoms with van der Waals surface area (Å²) in [6, 6.07) is 8.33. The van der Waals surface area contributed by atoms with E-state index in [-0.39, 0.29) is 24.8 Å². The van der Waals surface area contributed by atoms with Gasteiger partial charge in [0.2, 0.25) is 0 Å². The monoisotopic (exact) mass is 348 g/mol. The second-order valence-electron chi connectivity index (χ2n) is 5.09. The zero-order chi connectivity index (χ0) is 13.3. The van der Waals surface area contributed by atoms with Gasteiger partial charge in [0.25, 0.3) is 0 Å². The SMILES string of the molecule is CC1=C(C)C(C)[C]([Ti][O]c2cccc(C)c2)=C1C.Cl.Cl. The molecular formula is C16H22Cl2OTi. The van der Waals surface area contributed by atoms with E-state index in [1.54, 1.807) is 3.88 Å². The number of aryl methyl sites for hydroxylation is 1. The first-order chi connectivity index (χ1) is 8.50. The maximum absolute atomic E-state index is 6.05. The molecule has 1 nitrogen and oxygen atoms in total. The standard InChI is InChI=1S/C9H13.C7H8O.2ClH.Ti/c1-6-5-7(2)9(4)8(6)3;1-6-3-2-4-7(8)5-6;;;/h6H,1-4H3;2-5,8H,1H3;2*1H;/q;;;;+1/p-1. The van der Waals surface area contributed by atoms with Crippen LogP contribution in [0.3, 0.4) is 0 Å². The Bertz CT molecular complexity index is 535. The number of benzene rings is 1. The van der Waals surface area contributed by atoms with E-state index in [0.717, 1.165) is 5.75 Å². The van der Waals surface area contributed by atoms with E-state index in [2.05, 4.69) is 58.9 Å². The number of hydrogen-bond acceptors (Lipinski definition) is 1. The van der Waals surface area contributed by atoms with Crippen LogP contribution in [0.4, 0.5) is 0 Å². The van der Waals surface area contributed by atoms with E-state index in [1.165, 1.54) is 22.3 Å². The minimum absolute atomic E-state index is 0. The molecule has 0 bridgehead atoms. The number of allylic oxidation sites excluding steroid dienone is 4. The van der Waals surface area contributed by atoms with Crippen molar-refractivity contribution in [2.75, 3.05) is 0 Å². The molecule has 110 valence electrons. The Hall–Kier alpha value is -0.206. The van der Waals surface area contributed by atoms with Crippen molar-refractivity contribution in [2.45, 2.75) is 34.6 Å². The Balaban J connectivity index is 0.00000180. The summed E-state index contributed by atoms with van der Waals surface area (Å²) >= 11 is -0.512. The summed E-state index contributed by atoms with van der Waals surface area (Å²) < 4.78 is 7.60. The van der Waals surface area contributed by atoms with E-state index in [9.17, 15) is 0 Å².